The molecule has 124 valence electrons. The zero-order valence-corrected chi connectivity index (χ0v) is 14.4. The predicted octanol–water partition coefficient (Wildman–Crippen LogP) is 1.79. The summed E-state index contributed by atoms with van der Waals surface area (Å²) >= 11 is 6.26. The van der Waals surface area contributed by atoms with Crippen LogP contribution in [-0.2, 0) is 0 Å². The minimum atomic E-state index is 0.472. The zero-order chi connectivity index (χ0) is 17.1. The minimum absolute atomic E-state index is 0.472. The van der Waals surface area contributed by atoms with Crippen molar-refractivity contribution < 1.29 is 0 Å². The summed E-state index contributed by atoms with van der Waals surface area (Å²) in [5.74, 6) is 2.54. The van der Waals surface area contributed by atoms with Gasteiger partial charge in [0.15, 0.2) is 0 Å². The molecule has 0 amide bonds. The molecular weight excluding hydrogens is 326 g/mol. The number of hydrogen-bond donors (Lipinski definition) is 0. The molecule has 0 N–H and O–H groups in total. The molecule has 1 fully saturated rings. The van der Waals surface area contributed by atoms with Gasteiger partial charge in [-0.15, -0.1) is 0 Å². The first kappa shape index (κ1) is 16.3. The summed E-state index contributed by atoms with van der Waals surface area (Å²) in [4.78, 5) is 19.3. The van der Waals surface area contributed by atoms with Crippen LogP contribution in [0.4, 0.5) is 17.5 Å². The highest BCUT2D eigenvalue weighted by molar-refractivity contribution is 6.33. The quantitative estimate of drug-likeness (QED) is 0.841. The van der Waals surface area contributed by atoms with E-state index in [1.165, 1.54) is 0 Å². The largest absolute Gasteiger partial charge is 0.363 e. The molecule has 0 aliphatic carbocycles. The Labute approximate surface area is 146 Å². The lowest BCUT2D eigenvalue weighted by molar-refractivity contribution is 0.641. The van der Waals surface area contributed by atoms with Crippen LogP contribution in [0, 0.1) is 11.3 Å². The van der Waals surface area contributed by atoms with E-state index < -0.39 is 0 Å². The van der Waals surface area contributed by atoms with Crippen molar-refractivity contribution in [2.45, 2.75) is 0 Å². The van der Waals surface area contributed by atoms with Crippen LogP contribution in [0.2, 0.25) is 5.02 Å². The summed E-state index contributed by atoms with van der Waals surface area (Å²) in [5.41, 5.74) is 0.472. The lowest BCUT2D eigenvalue weighted by Gasteiger charge is -2.36. The van der Waals surface area contributed by atoms with Gasteiger partial charge in [0.2, 0.25) is 0 Å². The maximum Gasteiger partial charge on any atom is 0.147 e. The Morgan fingerprint density at radius 1 is 1.08 bits per heavy atom. The van der Waals surface area contributed by atoms with Crippen molar-refractivity contribution in [3.8, 4) is 6.07 Å². The molecule has 0 bridgehead atoms. The van der Waals surface area contributed by atoms with Crippen molar-refractivity contribution in [2.24, 2.45) is 0 Å². The van der Waals surface area contributed by atoms with E-state index in [1.807, 2.05) is 31.1 Å². The van der Waals surface area contributed by atoms with Crippen molar-refractivity contribution in [1.82, 2.24) is 15.0 Å². The second-order valence-electron chi connectivity index (χ2n) is 5.74. The van der Waals surface area contributed by atoms with Crippen LogP contribution in [0.1, 0.15) is 5.56 Å². The number of anilines is 3. The molecule has 3 rings (SSSR count). The third-order valence-corrected chi connectivity index (χ3v) is 4.23. The first-order valence-electron chi connectivity index (χ1n) is 7.63. The summed E-state index contributed by atoms with van der Waals surface area (Å²) in [6.07, 6.45) is 3.15. The highest BCUT2D eigenvalue weighted by Gasteiger charge is 2.21. The molecule has 0 atom stereocenters. The summed E-state index contributed by atoms with van der Waals surface area (Å²) in [6.45, 7) is 3.23. The van der Waals surface area contributed by atoms with E-state index in [0.29, 0.717) is 10.6 Å². The van der Waals surface area contributed by atoms with E-state index >= 15 is 0 Å². The molecule has 3 heterocycles. The maximum atomic E-state index is 8.90. The van der Waals surface area contributed by atoms with E-state index in [-0.39, 0.29) is 0 Å². The Bertz CT molecular complexity index is 763. The second-order valence-corrected chi connectivity index (χ2v) is 6.15. The molecule has 0 radical (unpaired) electrons. The van der Waals surface area contributed by atoms with E-state index in [4.69, 9.17) is 16.9 Å². The van der Waals surface area contributed by atoms with Gasteiger partial charge in [0, 0.05) is 52.5 Å². The average molecular weight is 344 g/mol. The van der Waals surface area contributed by atoms with Gasteiger partial charge in [-0.1, -0.05) is 11.6 Å². The molecule has 2 aromatic heterocycles. The van der Waals surface area contributed by atoms with E-state index in [2.05, 4.69) is 24.8 Å². The lowest BCUT2D eigenvalue weighted by Crippen LogP contribution is -2.47. The van der Waals surface area contributed by atoms with Gasteiger partial charge < -0.3 is 14.7 Å². The van der Waals surface area contributed by atoms with Crippen LogP contribution in [-0.4, -0.2) is 55.2 Å². The zero-order valence-electron chi connectivity index (χ0n) is 13.6. The van der Waals surface area contributed by atoms with Crippen LogP contribution >= 0.6 is 11.6 Å². The van der Waals surface area contributed by atoms with Crippen LogP contribution in [0.25, 0.3) is 0 Å². The Hall–Kier alpha value is -2.59. The van der Waals surface area contributed by atoms with Crippen molar-refractivity contribution in [2.75, 3.05) is 55.0 Å². The van der Waals surface area contributed by atoms with Gasteiger partial charge in [0.1, 0.15) is 29.9 Å². The van der Waals surface area contributed by atoms with E-state index in [0.717, 1.165) is 43.6 Å². The van der Waals surface area contributed by atoms with Crippen LogP contribution < -0.4 is 14.7 Å². The predicted molar refractivity (Wildman–Crippen MR) is 94.7 cm³/mol. The number of aromatic nitrogens is 3. The Morgan fingerprint density at radius 2 is 1.79 bits per heavy atom. The lowest BCUT2D eigenvalue weighted by atomic mass is 10.2. The molecule has 0 spiro atoms. The second kappa shape index (κ2) is 6.89. The number of piperazine rings is 1. The number of halogens is 1. The summed E-state index contributed by atoms with van der Waals surface area (Å²) in [6, 6.07) is 5.69. The highest BCUT2D eigenvalue weighted by atomic mass is 35.5. The fourth-order valence-corrected chi connectivity index (χ4v) is 2.91. The first-order valence-corrected chi connectivity index (χ1v) is 8.01. The number of nitrogens with zero attached hydrogens (tertiary/aromatic N) is 7. The van der Waals surface area contributed by atoms with Gasteiger partial charge >= 0.3 is 0 Å². The maximum absolute atomic E-state index is 8.90. The number of nitriles is 1. The molecule has 8 heteroatoms. The highest BCUT2D eigenvalue weighted by Crippen LogP contribution is 2.26. The molecule has 1 saturated heterocycles. The molecule has 1 aliphatic rings. The molecule has 7 nitrogen and oxygen atoms in total. The summed E-state index contributed by atoms with van der Waals surface area (Å²) in [7, 11) is 3.92. The minimum Gasteiger partial charge on any atom is -0.363 e. The van der Waals surface area contributed by atoms with Gasteiger partial charge in [0.05, 0.1) is 10.6 Å². The average Bonchev–Trinajstić information content (AvgIpc) is 2.62. The van der Waals surface area contributed by atoms with Gasteiger partial charge in [-0.3, -0.25) is 0 Å². The molecule has 1 aliphatic heterocycles. The topological polar surface area (TPSA) is 72.2 Å². The van der Waals surface area contributed by atoms with Gasteiger partial charge in [0.25, 0.3) is 0 Å². The van der Waals surface area contributed by atoms with E-state index in [9.17, 15) is 0 Å². The molecule has 24 heavy (non-hydrogen) atoms. The van der Waals surface area contributed by atoms with Crippen molar-refractivity contribution >= 4 is 29.1 Å². The molecule has 0 unspecified atom stereocenters. The Morgan fingerprint density at radius 3 is 2.42 bits per heavy atom. The van der Waals surface area contributed by atoms with Crippen LogP contribution in [0.15, 0.2) is 24.7 Å². The number of pyridine rings is 1. The third-order valence-electron chi connectivity index (χ3n) is 3.95. The van der Waals surface area contributed by atoms with Crippen LogP contribution in [0.3, 0.4) is 0 Å². The monoisotopic (exact) mass is 343 g/mol. The third kappa shape index (κ3) is 3.34. The van der Waals surface area contributed by atoms with Crippen LogP contribution in [0.5, 0.6) is 0 Å². The van der Waals surface area contributed by atoms with Gasteiger partial charge in [-0.2, -0.15) is 5.26 Å². The standard InChI is InChI=1S/C16H18ClN7/c1-22(2)14-8-15(21-11-20-14)23-3-5-24(6-4-23)16-13(17)7-12(9-18)10-19-16/h7-8,10-11H,3-6H2,1-2H3. The molecule has 2 aromatic rings. The summed E-state index contributed by atoms with van der Waals surface area (Å²) < 4.78 is 0. The Balaban J connectivity index is 1.70. The SMILES string of the molecule is CN(C)c1cc(N2CCN(c3ncc(C#N)cc3Cl)CC2)ncn1. The van der Waals surface area contributed by atoms with Crippen molar-refractivity contribution in [1.29, 1.82) is 5.26 Å². The van der Waals surface area contributed by atoms with Gasteiger partial charge in [-0.25, -0.2) is 15.0 Å². The number of hydrogen-bond acceptors (Lipinski definition) is 7. The normalized spacial score (nSPS) is 14.4. The van der Waals surface area contributed by atoms with Gasteiger partial charge in [-0.05, 0) is 6.07 Å². The Kier molecular flexibility index (Phi) is 4.67. The van der Waals surface area contributed by atoms with Crippen molar-refractivity contribution in [3.05, 3.63) is 35.2 Å². The summed E-state index contributed by atoms with van der Waals surface area (Å²) in [5, 5.41) is 9.41. The van der Waals surface area contributed by atoms with E-state index in [1.54, 1.807) is 18.6 Å². The molecule has 0 aromatic carbocycles. The number of rotatable bonds is 3. The van der Waals surface area contributed by atoms with Crippen molar-refractivity contribution in [3.63, 3.8) is 0 Å². The smallest absolute Gasteiger partial charge is 0.147 e. The first-order chi connectivity index (χ1) is 11.6. The fourth-order valence-electron chi connectivity index (χ4n) is 2.63. The fraction of sp³-hybridized carbons (Fsp3) is 0.375. The molecule has 0 saturated carbocycles. The molecular formula is C16H18ClN7.